The van der Waals surface area contributed by atoms with Crippen LogP contribution in [-0.4, -0.2) is 56.0 Å². The molecule has 2 aromatic rings. The van der Waals surface area contributed by atoms with Crippen LogP contribution >= 0.6 is 11.6 Å². The zero-order valence-electron chi connectivity index (χ0n) is 14.9. The first-order valence-electron chi connectivity index (χ1n) is 8.23. The third-order valence-electron chi connectivity index (χ3n) is 4.41. The number of anilines is 1. The summed E-state index contributed by atoms with van der Waals surface area (Å²) >= 11 is 6.09. The molecule has 0 saturated carbocycles. The van der Waals surface area contributed by atoms with E-state index in [1.807, 2.05) is 4.90 Å². The van der Waals surface area contributed by atoms with Crippen LogP contribution < -0.4 is 9.64 Å². The van der Waals surface area contributed by atoms with Crippen molar-refractivity contribution in [2.45, 2.75) is 18.7 Å². The number of hydrogen-bond acceptors (Lipinski definition) is 6. The fourth-order valence-corrected chi connectivity index (χ4v) is 4.86. The number of hydrogen-bond donors (Lipinski definition) is 0. The summed E-state index contributed by atoms with van der Waals surface area (Å²) in [4.78, 5) is 10.9. The molecule has 0 N–H and O–H groups in total. The highest BCUT2D eigenvalue weighted by molar-refractivity contribution is 7.89. The van der Waals surface area contributed by atoms with Gasteiger partial charge in [0.05, 0.1) is 12.0 Å². The first-order valence-corrected chi connectivity index (χ1v) is 10.0. The van der Waals surface area contributed by atoms with Gasteiger partial charge in [-0.15, -0.1) is 0 Å². The van der Waals surface area contributed by atoms with Crippen LogP contribution in [0, 0.1) is 13.8 Å². The molecule has 1 aliphatic rings. The molecular formula is C17H21ClN4O3S. The molecule has 3 rings (SSSR count). The number of piperazine rings is 1. The maximum atomic E-state index is 13.0. The SMILES string of the molecule is COc1cc(N2CCN(S(=O)(=O)c3cccc(Cl)c3C)CC2)nc(C)n1. The lowest BCUT2D eigenvalue weighted by Gasteiger charge is -2.35. The van der Waals surface area contributed by atoms with Crippen molar-refractivity contribution in [3.05, 3.63) is 40.7 Å². The Bertz CT molecular complexity index is 912. The molecule has 0 bridgehead atoms. The summed E-state index contributed by atoms with van der Waals surface area (Å²) < 4.78 is 32.6. The number of benzene rings is 1. The highest BCUT2D eigenvalue weighted by Gasteiger charge is 2.30. The summed E-state index contributed by atoms with van der Waals surface area (Å²) in [6.07, 6.45) is 0. The van der Waals surface area contributed by atoms with Crippen molar-refractivity contribution < 1.29 is 13.2 Å². The topological polar surface area (TPSA) is 75.6 Å². The van der Waals surface area contributed by atoms with Crippen molar-refractivity contribution >= 4 is 27.4 Å². The van der Waals surface area contributed by atoms with Gasteiger partial charge in [0.1, 0.15) is 11.6 Å². The minimum absolute atomic E-state index is 0.262. The van der Waals surface area contributed by atoms with E-state index < -0.39 is 10.0 Å². The molecule has 0 radical (unpaired) electrons. The number of methoxy groups -OCH3 is 1. The first-order chi connectivity index (χ1) is 12.3. The fourth-order valence-electron chi connectivity index (χ4n) is 2.96. The molecule has 0 aliphatic carbocycles. The standard InChI is InChI=1S/C17H21ClN4O3S/c1-12-14(18)5-4-6-15(12)26(23,24)22-9-7-21(8-10-22)16-11-17(25-3)20-13(2)19-16/h4-6,11H,7-10H2,1-3H3. The normalized spacial score (nSPS) is 15.9. The molecule has 1 aromatic heterocycles. The van der Waals surface area contributed by atoms with Gasteiger partial charge >= 0.3 is 0 Å². The molecule has 26 heavy (non-hydrogen) atoms. The quantitative estimate of drug-likeness (QED) is 0.789. The van der Waals surface area contributed by atoms with Crippen molar-refractivity contribution in [3.63, 3.8) is 0 Å². The van der Waals surface area contributed by atoms with E-state index in [4.69, 9.17) is 16.3 Å². The first kappa shape index (κ1) is 18.9. The smallest absolute Gasteiger partial charge is 0.243 e. The van der Waals surface area contributed by atoms with Crippen molar-refractivity contribution in [2.75, 3.05) is 38.2 Å². The van der Waals surface area contributed by atoms with Gasteiger partial charge in [-0.25, -0.2) is 13.4 Å². The van der Waals surface area contributed by atoms with Gasteiger partial charge in [0.15, 0.2) is 0 Å². The maximum absolute atomic E-state index is 13.0. The second-order valence-corrected chi connectivity index (χ2v) is 8.38. The molecule has 2 heterocycles. The Labute approximate surface area is 158 Å². The van der Waals surface area contributed by atoms with Crippen LogP contribution in [0.3, 0.4) is 0 Å². The Morgan fingerprint density at radius 2 is 1.81 bits per heavy atom. The Kier molecular flexibility index (Phi) is 5.36. The molecule has 1 fully saturated rings. The summed E-state index contributed by atoms with van der Waals surface area (Å²) in [5.41, 5.74) is 0.577. The monoisotopic (exact) mass is 396 g/mol. The van der Waals surface area contributed by atoms with E-state index in [0.717, 1.165) is 5.82 Å². The van der Waals surface area contributed by atoms with Crippen molar-refractivity contribution in [1.82, 2.24) is 14.3 Å². The lowest BCUT2D eigenvalue weighted by molar-refractivity contribution is 0.380. The lowest BCUT2D eigenvalue weighted by atomic mass is 10.2. The third kappa shape index (κ3) is 3.62. The molecule has 0 atom stereocenters. The summed E-state index contributed by atoms with van der Waals surface area (Å²) in [6.45, 7) is 5.35. The lowest BCUT2D eigenvalue weighted by Crippen LogP contribution is -2.49. The van der Waals surface area contributed by atoms with Crippen LogP contribution in [-0.2, 0) is 10.0 Å². The molecule has 0 spiro atoms. The number of halogens is 1. The highest BCUT2D eigenvalue weighted by atomic mass is 35.5. The average molecular weight is 397 g/mol. The van der Waals surface area contributed by atoms with Crippen LogP contribution in [0.1, 0.15) is 11.4 Å². The van der Waals surface area contributed by atoms with Crippen molar-refractivity contribution in [1.29, 1.82) is 0 Å². The van der Waals surface area contributed by atoms with E-state index in [-0.39, 0.29) is 4.90 Å². The number of nitrogens with zero attached hydrogens (tertiary/aromatic N) is 4. The number of sulfonamides is 1. The molecule has 1 saturated heterocycles. The second kappa shape index (κ2) is 7.38. The van der Waals surface area contributed by atoms with E-state index in [0.29, 0.717) is 48.5 Å². The molecular weight excluding hydrogens is 376 g/mol. The molecule has 140 valence electrons. The zero-order chi connectivity index (χ0) is 18.9. The van der Waals surface area contributed by atoms with Gasteiger partial charge in [-0.3, -0.25) is 0 Å². The van der Waals surface area contributed by atoms with Crippen LogP contribution in [0.15, 0.2) is 29.2 Å². The van der Waals surface area contributed by atoms with Gasteiger partial charge in [0.2, 0.25) is 15.9 Å². The Hall–Kier alpha value is -1.90. The van der Waals surface area contributed by atoms with Gasteiger partial charge in [0, 0.05) is 37.3 Å². The molecule has 7 nitrogen and oxygen atoms in total. The number of aryl methyl sites for hydroxylation is 1. The molecule has 1 aliphatic heterocycles. The summed E-state index contributed by atoms with van der Waals surface area (Å²) in [5.74, 6) is 1.85. The van der Waals surface area contributed by atoms with Gasteiger partial charge in [-0.05, 0) is 31.5 Å². The predicted octanol–water partition coefficient (Wildman–Crippen LogP) is 2.27. The van der Waals surface area contributed by atoms with E-state index in [1.165, 1.54) is 4.31 Å². The van der Waals surface area contributed by atoms with E-state index in [1.54, 1.807) is 45.2 Å². The summed E-state index contributed by atoms with van der Waals surface area (Å²) in [7, 11) is -2.02. The fraction of sp³-hybridized carbons (Fsp3) is 0.412. The Balaban J connectivity index is 1.78. The molecule has 0 amide bonds. The summed E-state index contributed by atoms with van der Waals surface area (Å²) in [6, 6.07) is 6.72. The van der Waals surface area contributed by atoms with Crippen molar-refractivity contribution in [2.24, 2.45) is 0 Å². The van der Waals surface area contributed by atoms with Crippen LogP contribution in [0.25, 0.3) is 0 Å². The van der Waals surface area contributed by atoms with Gasteiger partial charge < -0.3 is 9.64 Å². The number of rotatable bonds is 4. The predicted molar refractivity (Wildman–Crippen MR) is 100 cm³/mol. The average Bonchev–Trinajstić information content (AvgIpc) is 2.63. The van der Waals surface area contributed by atoms with E-state index in [9.17, 15) is 8.42 Å². The second-order valence-electron chi connectivity index (χ2n) is 6.07. The van der Waals surface area contributed by atoms with Gasteiger partial charge in [0.25, 0.3) is 0 Å². The highest BCUT2D eigenvalue weighted by Crippen LogP contribution is 2.27. The van der Waals surface area contributed by atoms with Crippen LogP contribution in [0.5, 0.6) is 5.88 Å². The number of aromatic nitrogens is 2. The Morgan fingerprint density at radius 3 is 2.46 bits per heavy atom. The minimum atomic E-state index is -3.58. The van der Waals surface area contributed by atoms with E-state index >= 15 is 0 Å². The minimum Gasteiger partial charge on any atom is -0.481 e. The number of ether oxygens (including phenoxy) is 1. The van der Waals surface area contributed by atoms with Gasteiger partial charge in [-0.2, -0.15) is 9.29 Å². The maximum Gasteiger partial charge on any atom is 0.243 e. The Morgan fingerprint density at radius 1 is 1.12 bits per heavy atom. The van der Waals surface area contributed by atoms with Crippen molar-refractivity contribution in [3.8, 4) is 5.88 Å². The van der Waals surface area contributed by atoms with E-state index in [2.05, 4.69) is 9.97 Å². The van der Waals surface area contributed by atoms with Crippen LogP contribution in [0.4, 0.5) is 5.82 Å². The molecule has 0 unspecified atom stereocenters. The molecule has 9 heteroatoms. The van der Waals surface area contributed by atoms with Crippen LogP contribution in [0.2, 0.25) is 5.02 Å². The van der Waals surface area contributed by atoms with Gasteiger partial charge in [-0.1, -0.05) is 17.7 Å². The molecule has 1 aromatic carbocycles. The largest absolute Gasteiger partial charge is 0.481 e. The third-order valence-corrected chi connectivity index (χ3v) is 6.86. The zero-order valence-corrected chi connectivity index (χ0v) is 16.5. The summed E-state index contributed by atoms with van der Waals surface area (Å²) in [5, 5.41) is 0.452.